The van der Waals surface area contributed by atoms with E-state index >= 15 is 0 Å². The van der Waals surface area contributed by atoms with Crippen molar-refractivity contribution < 1.29 is 4.79 Å². The molecule has 20 heavy (non-hydrogen) atoms. The van der Waals surface area contributed by atoms with Gasteiger partial charge in [-0.15, -0.1) is 0 Å². The van der Waals surface area contributed by atoms with Gasteiger partial charge in [-0.25, -0.2) is 4.98 Å². The molecule has 1 atom stereocenters. The van der Waals surface area contributed by atoms with Crippen molar-refractivity contribution in [3.8, 4) is 0 Å². The molecule has 3 nitrogen and oxygen atoms in total. The molecule has 0 aliphatic carbocycles. The summed E-state index contributed by atoms with van der Waals surface area (Å²) in [6.07, 6.45) is 2.47. The van der Waals surface area contributed by atoms with Gasteiger partial charge >= 0.3 is 0 Å². The van der Waals surface area contributed by atoms with Crippen LogP contribution in [-0.2, 0) is 0 Å². The molecule has 1 aromatic heterocycles. The maximum atomic E-state index is 12.2. The molecule has 2 aromatic rings. The maximum Gasteiger partial charge on any atom is 0.251 e. The Kier molecular flexibility index (Phi) is 4.90. The number of aryl methyl sites for hydroxylation is 1. The highest BCUT2D eigenvalue weighted by atomic mass is 79.9. The van der Waals surface area contributed by atoms with Gasteiger partial charge in [-0.2, -0.15) is 0 Å². The summed E-state index contributed by atoms with van der Waals surface area (Å²) in [6.45, 7) is 4.12. The number of amides is 1. The highest BCUT2D eigenvalue weighted by Crippen LogP contribution is 2.18. The van der Waals surface area contributed by atoms with E-state index in [1.807, 2.05) is 0 Å². The maximum absolute atomic E-state index is 12.2. The molecule has 1 amide bonds. The highest BCUT2D eigenvalue weighted by Gasteiger charge is 2.14. The van der Waals surface area contributed by atoms with Gasteiger partial charge in [-0.05, 0) is 47.0 Å². The molecule has 0 aliphatic rings. The summed E-state index contributed by atoms with van der Waals surface area (Å²) in [5.74, 6) is -0.0828. The van der Waals surface area contributed by atoms with Gasteiger partial charge in [-0.3, -0.25) is 4.79 Å². The molecule has 0 radical (unpaired) electrons. The minimum atomic E-state index is -0.0828. The van der Waals surface area contributed by atoms with Crippen LogP contribution >= 0.6 is 15.9 Å². The van der Waals surface area contributed by atoms with Crippen molar-refractivity contribution in [2.75, 3.05) is 0 Å². The molecule has 1 unspecified atom stereocenters. The van der Waals surface area contributed by atoms with E-state index in [4.69, 9.17) is 0 Å². The number of rotatable bonds is 4. The number of nitrogens with zero attached hydrogens (tertiary/aromatic N) is 1. The van der Waals surface area contributed by atoms with Gasteiger partial charge in [0.25, 0.3) is 5.91 Å². The van der Waals surface area contributed by atoms with E-state index < -0.39 is 0 Å². The molecule has 0 spiro atoms. The first kappa shape index (κ1) is 14.7. The monoisotopic (exact) mass is 332 g/mol. The van der Waals surface area contributed by atoms with Crippen LogP contribution < -0.4 is 5.32 Å². The van der Waals surface area contributed by atoms with Crippen molar-refractivity contribution in [2.24, 2.45) is 0 Å². The Balaban J connectivity index is 2.14. The summed E-state index contributed by atoms with van der Waals surface area (Å²) in [7, 11) is 0. The molecular formula is C16H17BrN2O. The standard InChI is InChI=1S/C16H17BrN2O/c1-3-14(12-6-4-11(2)5-7-12)19-16(20)13-8-9-18-15(17)10-13/h4-10,14H,3H2,1-2H3,(H,19,20). The highest BCUT2D eigenvalue weighted by molar-refractivity contribution is 9.10. The number of hydrogen-bond donors (Lipinski definition) is 1. The number of hydrogen-bond acceptors (Lipinski definition) is 2. The van der Waals surface area contributed by atoms with Gasteiger partial charge < -0.3 is 5.32 Å². The minimum absolute atomic E-state index is 0.0232. The zero-order valence-corrected chi connectivity index (χ0v) is 13.1. The molecule has 104 valence electrons. The van der Waals surface area contributed by atoms with Gasteiger partial charge in [0.2, 0.25) is 0 Å². The zero-order chi connectivity index (χ0) is 14.5. The predicted octanol–water partition coefficient (Wildman–Crippen LogP) is 4.03. The lowest BCUT2D eigenvalue weighted by Crippen LogP contribution is -2.28. The summed E-state index contributed by atoms with van der Waals surface area (Å²) >= 11 is 3.28. The Bertz CT molecular complexity index is 596. The average molecular weight is 333 g/mol. The lowest BCUT2D eigenvalue weighted by Gasteiger charge is -2.17. The van der Waals surface area contributed by atoms with Crippen molar-refractivity contribution in [3.63, 3.8) is 0 Å². The predicted molar refractivity (Wildman–Crippen MR) is 83.6 cm³/mol. The van der Waals surface area contributed by atoms with E-state index in [1.54, 1.807) is 18.3 Å². The van der Waals surface area contributed by atoms with Crippen molar-refractivity contribution in [1.82, 2.24) is 10.3 Å². The first-order chi connectivity index (χ1) is 9.60. The average Bonchev–Trinajstić information content (AvgIpc) is 2.45. The van der Waals surface area contributed by atoms with Gasteiger partial charge in [-0.1, -0.05) is 36.8 Å². The Hall–Kier alpha value is -1.68. The summed E-state index contributed by atoms with van der Waals surface area (Å²) < 4.78 is 0.661. The van der Waals surface area contributed by atoms with Gasteiger partial charge in [0.15, 0.2) is 0 Å². The molecule has 1 N–H and O–H groups in total. The fourth-order valence-corrected chi connectivity index (χ4v) is 2.37. The molecule has 0 aliphatic heterocycles. The van der Waals surface area contributed by atoms with Crippen LogP contribution in [-0.4, -0.2) is 10.9 Å². The van der Waals surface area contributed by atoms with Crippen LogP contribution in [0.1, 0.15) is 40.9 Å². The summed E-state index contributed by atoms with van der Waals surface area (Å²) in [6, 6.07) is 11.7. The zero-order valence-electron chi connectivity index (χ0n) is 11.6. The quantitative estimate of drug-likeness (QED) is 0.858. The van der Waals surface area contributed by atoms with Crippen LogP contribution in [0.2, 0.25) is 0 Å². The second kappa shape index (κ2) is 6.66. The Morgan fingerprint density at radius 3 is 2.60 bits per heavy atom. The third-order valence-corrected chi connectivity index (χ3v) is 3.62. The fourth-order valence-electron chi connectivity index (χ4n) is 2.01. The van der Waals surface area contributed by atoms with Gasteiger partial charge in [0, 0.05) is 11.8 Å². The van der Waals surface area contributed by atoms with Crippen LogP contribution in [0.3, 0.4) is 0 Å². The normalized spacial score (nSPS) is 11.9. The van der Waals surface area contributed by atoms with Gasteiger partial charge in [0.05, 0.1) is 6.04 Å². The van der Waals surface area contributed by atoms with Crippen molar-refractivity contribution in [2.45, 2.75) is 26.3 Å². The van der Waals surface area contributed by atoms with E-state index in [1.165, 1.54) is 5.56 Å². The largest absolute Gasteiger partial charge is 0.345 e. The Morgan fingerprint density at radius 1 is 1.30 bits per heavy atom. The third kappa shape index (κ3) is 3.67. The van der Waals surface area contributed by atoms with Crippen molar-refractivity contribution >= 4 is 21.8 Å². The van der Waals surface area contributed by atoms with E-state index in [0.717, 1.165) is 12.0 Å². The second-order valence-corrected chi connectivity index (χ2v) is 5.52. The Morgan fingerprint density at radius 2 is 2.00 bits per heavy atom. The van der Waals surface area contributed by atoms with Crippen molar-refractivity contribution in [3.05, 3.63) is 63.9 Å². The van der Waals surface area contributed by atoms with Gasteiger partial charge in [0.1, 0.15) is 4.60 Å². The lowest BCUT2D eigenvalue weighted by atomic mass is 10.0. The number of halogens is 1. The number of benzene rings is 1. The number of carbonyl (C=O) groups excluding carboxylic acids is 1. The van der Waals surface area contributed by atoms with E-state index in [9.17, 15) is 4.79 Å². The molecule has 0 fully saturated rings. The Labute approximate surface area is 127 Å². The number of pyridine rings is 1. The van der Waals surface area contributed by atoms with Crippen LogP contribution in [0.15, 0.2) is 47.2 Å². The number of nitrogens with one attached hydrogen (secondary N) is 1. The van der Waals surface area contributed by atoms with Crippen LogP contribution in [0, 0.1) is 6.92 Å². The molecule has 0 saturated carbocycles. The smallest absolute Gasteiger partial charge is 0.251 e. The molecule has 2 rings (SSSR count). The molecule has 0 saturated heterocycles. The summed E-state index contributed by atoms with van der Waals surface area (Å²) in [5.41, 5.74) is 2.95. The van der Waals surface area contributed by atoms with Crippen molar-refractivity contribution in [1.29, 1.82) is 0 Å². The first-order valence-electron chi connectivity index (χ1n) is 6.59. The summed E-state index contributed by atoms with van der Waals surface area (Å²) in [5, 5.41) is 3.06. The van der Waals surface area contributed by atoms with Crippen LogP contribution in [0.25, 0.3) is 0 Å². The minimum Gasteiger partial charge on any atom is -0.345 e. The van der Waals surface area contributed by atoms with Crippen LogP contribution in [0.5, 0.6) is 0 Å². The topological polar surface area (TPSA) is 42.0 Å². The van der Waals surface area contributed by atoms with E-state index in [-0.39, 0.29) is 11.9 Å². The first-order valence-corrected chi connectivity index (χ1v) is 7.38. The molecule has 1 heterocycles. The van der Waals surface area contributed by atoms with E-state index in [0.29, 0.717) is 10.2 Å². The molecular weight excluding hydrogens is 316 g/mol. The van der Waals surface area contributed by atoms with Crippen LogP contribution in [0.4, 0.5) is 0 Å². The molecule has 1 aromatic carbocycles. The number of carbonyl (C=O) groups is 1. The number of aromatic nitrogens is 1. The lowest BCUT2D eigenvalue weighted by molar-refractivity contribution is 0.0935. The van der Waals surface area contributed by atoms with E-state index in [2.05, 4.69) is 64.3 Å². The third-order valence-electron chi connectivity index (χ3n) is 3.18. The molecule has 0 bridgehead atoms. The SMILES string of the molecule is CCC(NC(=O)c1ccnc(Br)c1)c1ccc(C)cc1. The molecule has 4 heteroatoms. The fraction of sp³-hybridized carbons (Fsp3) is 0.250. The summed E-state index contributed by atoms with van der Waals surface area (Å²) in [4.78, 5) is 16.3. The second-order valence-electron chi connectivity index (χ2n) is 4.71.